The van der Waals surface area contributed by atoms with Gasteiger partial charge in [0.05, 0.1) is 27.4 Å². The van der Waals surface area contributed by atoms with E-state index in [2.05, 4.69) is 0 Å². The minimum atomic E-state index is -0.0440. The van der Waals surface area contributed by atoms with Gasteiger partial charge in [-0.2, -0.15) is 0 Å². The van der Waals surface area contributed by atoms with Gasteiger partial charge in [-0.05, 0) is 109 Å². The van der Waals surface area contributed by atoms with Crippen molar-refractivity contribution in [1.29, 1.82) is 0 Å². The second kappa shape index (κ2) is 20.2. The number of carbonyl (C=O) groups is 2. The zero-order valence-electron chi connectivity index (χ0n) is 28.1. The van der Waals surface area contributed by atoms with E-state index < -0.39 is 0 Å². The summed E-state index contributed by atoms with van der Waals surface area (Å²) in [5.74, 6) is 3.07. The Morgan fingerprint density at radius 2 is 0.750 bits per heavy atom. The lowest BCUT2D eigenvalue weighted by Crippen LogP contribution is -1.98. The third kappa shape index (κ3) is 12.6. The summed E-state index contributed by atoms with van der Waals surface area (Å²) >= 11 is 0. The zero-order chi connectivity index (χ0) is 33.8. The van der Waals surface area contributed by atoms with Gasteiger partial charge in [0.2, 0.25) is 0 Å². The Bertz CT molecular complexity index is 1460. The molecule has 0 bridgehead atoms. The molecule has 0 aliphatic heterocycles. The third-order valence-corrected chi connectivity index (χ3v) is 7.94. The minimum absolute atomic E-state index is 0.0440. The van der Waals surface area contributed by atoms with Crippen LogP contribution >= 0.6 is 0 Å². The average Bonchev–Trinajstić information content (AvgIpc) is 3.14. The quantitative estimate of drug-likeness (QED) is 0.0510. The summed E-state index contributed by atoms with van der Waals surface area (Å²) in [6.45, 7) is 1.42. The first-order chi connectivity index (χ1) is 23.5. The van der Waals surface area contributed by atoms with Crippen LogP contribution < -0.4 is 18.9 Å². The lowest BCUT2D eigenvalue weighted by atomic mass is 10.1. The molecule has 250 valence electrons. The Kier molecular flexibility index (Phi) is 15.0. The number of carbonyl (C=O) groups excluding carboxylic acids is 2. The first-order valence-corrected chi connectivity index (χ1v) is 16.7. The molecule has 4 rings (SSSR count). The van der Waals surface area contributed by atoms with Crippen LogP contribution in [0.5, 0.6) is 23.0 Å². The summed E-state index contributed by atoms with van der Waals surface area (Å²) in [6, 6.07) is 29.8. The number of methoxy groups -OCH3 is 2. The standard InChI is InChI=1S/C42H46O6/c1-45-37-25-17-35(18-26-37)41(43)29-15-33-11-21-39(22-12-33)47-31-9-7-5-3-4-6-8-10-32-48-40-23-13-34(14-24-40)16-30-42(44)36-19-27-38(46-2)28-20-36/h11-30H,3-10,31-32H2,1-2H3/b29-15-,30-16-. The van der Waals surface area contributed by atoms with E-state index in [1.807, 2.05) is 60.7 Å². The molecular formula is C42H46O6. The molecule has 0 heterocycles. The summed E-state index contributed by atoms with van der Waals surface area (Å²) in [6.07, 6.45) is 16.1. The molecule has 0 aliphatic carbocycles. The molecule has 0 spiro atoms. The van der Waals surface area contributed by atoms with Crippen LogP contribution in [-0.2, 0) is 0 Å². The van der Waals surface area contributed by atoms with Gasteiger partial charge >= 0.3 is 0 Å². The summed E-state index contributed by atoms with van der Waals surface area (Å²) in [5, 5.41) is 0. The normalized spacial score (nSPS) is 11.1. The number of ether oxygens (including phenoxy) is 4. The van der Waals surface area contributed by atoms with Gasteiger partial charge in [0.1, 0.15) is 23.0 Å². The molecule has 4 aromatic carbocycles. The highest BCUT2D eigenvalue weighted by Gasteiger charge is 2.04. The van der Waals surface area contributed by atoms with Crippen LogP contribution in [0.2, 0.25) is 0 Å². The molecule has 0 atom stereocenters. The van der Waals surface area contributed by atoms with Gasteiger partial charge in [-0.25, -0.2) is 0 Å². The SMILES string of the molecule is COc1ccc(C(=O)/C=C\c2ccc(OCCCCCCCCCCOc3ccc(/C=C\C(=O)c4ccc(OC)cc4)cc3)cc2)cc1. The molecule has 48 heavy (non-hydrogen) atoms. The van der Waals surface area contributed by atoms with Crippen molar-refractivity contribution in [3.8, 4) is 23.0 Å². The lowest BCUT2D eigenvalue weighted by molar-refractivity contribution is 0.103. The van der Waals surface area contributed by atoms with Crippen molar-refractivity contribution in [2.45, 2.75) is 51.4 Å². The first kappa shape index (κ1) is 35.7. The molecule has 4 aromatic rings. The molecule has 0 aromatic heterocycles. The fourth-order valence-electron chi connectivity index (χ4n) is 5.04. The lowest BCUT2D eigenvalue weighted by Gasteiger charge is -2.07. The van der Waals surface area contributed by atoms with Gasteiger partial charge in [-0.15, -0.1) is 0 Å². The maximum atomic E-state index is 12.4. The molecule has 0 amide bonds. The van der Waals surface area contributed by atoms with Crippen molar-refractivity contribution in [3.05, 3.63) is 131 Å². The van der Waals surface area contributed by atoms with E-state index in [0.29, 0.717) is 24.3 Å². The molecule has 0 saturated heterocycles. The van der Waals surface area contributed by atoms with E-state index in [1.54, 1.807) is 74.9 Å². The summed E-state index contributed by atoms with van der Waals surface area (Å²) in [4.78, 5) is 24.7. The van der Waals surface area contributed by atoms with E-state index in [9.17, 15) is 9.59 Å². The van der Waals surface area contributed by atoms with Gasteiger partial charge in [-0.3, -0.25) is 9.59 Å². The molecule has 0 fully saturated rings. The molecular weight excluding hydrogens is 600 g/mol. The van der Waals surface area contributed by atoms with E-state index in [-0.39, 0.29) is 11.6 Å². The number of allylic oxidation sites excluding steroid dienone is 2. The highest BCUT2D eigenvalue weighted by Crippen LogP contribution is 2.18. The van der Waals surface area contributed by atoms with Crippen molar-refractivity contribution < 1.29 is 28.5 Å². The van der Waals surface area contributed by atoms with Crippen molar-refractivity contribution in [3.63, 3.8) is 0 Å². The van der Waals surface area contributed by atoms with Crippen LogP contribution in [-0.4, -0.2) is 39.0 Å². The van der Waals surface area contributed by atoms with E-state index in [0.717, 1.165) is 59.8 Å². The summed E-state index contributed by atoms with van der Waals surface area (Å²) < 4.78 is 22.1. The predicted octanol–water partition coefficient (Wildman–Crippen LogP) is 10.1. The van der Waals surface area contributed by atoms with Gasteiger partial charge in [0, 0.05) is 11.1 Å². The van der Waals surface area contributed by atoms with Crippen molar-refractivity contribution >= 4 is 23.7 Å². The number of unbranched alkanes of at least 4 members (excludes halogenated alkanes) is 7. The van der Waals surface area contributed by atoms with Crippen molar-refractivity contribution in [1.82, 2.24) is 0 Å². The highest BCUT2D eigenvalue weighted by atomic mass is 16.5. The molecule has 0 radical (unpaired) electrons. The number of hydrogen-bond donors (Lipinski definition) is 0. The van der Waals surface area contributed by atoms with Gasteiger partial charge in [-0.1, -0.05) is 74.9 Å². The van der Waals surface area contributed by atoms with Crippen molar-refractivity contribution in [2.24, 2.45) is 0 Å². The number of rotatable bonds is 21. The second-order valence-electron chi connectivity index (χ2n) is 11.5. The van der Waals surface area contributed by atoms with Crippen LogP contribution in [0.3, 0.4) is 0 Å². The monoisotopic (exact) mass is 646 g/mol. The second-order valence-corrected chi connectivity index (χ2v) is 11.5. The predicted molar refractivity (Wildman–Crippen MR) is 194 cm³/mol. The molecule has 0 unspecified atom stereocenters. The fourth-order valence-corrected chi connectivity index (χ4v) is 5.04. The van der Waals surface area contributed by atoms with Crippen LogP contribution in [0.15, 0.2) is 109 Å². The Balaban J connectivity index is 0.983. The molecule has 0 N–H and O–H groups in total. The first-order valence-electron chi connectivity index (χ1n) is 16.7. The summed E-state index contributed by atoms with van der Waals surface area (Å²) in [7, 11) is 3.21. The largest absolute Gasteiger partial charge is 0.497 e. The van der Waals surface area contributed by atoms with E-state index >= 15 is 0 Å². The van der Waals surface area contributed by atoms with Crippen LogP contribution in [0.4, 0.5) is 0 Å². The number of ketones is 2. The van der Waals surface area contributed by atoms with Crippen LogP contribution in [0.25, 0.3) is 12.2 Å². The Hall–Kier alpha value is -5.10. The Labute approximate surface area is 285 Å². The Morgan fingerprint density at radius 1 is 0.438 bits per heavy atom. The third-order valence-electron chi connectivity index (χ3n) is 7.94. The Morgan fingerprint density at radius 3 is 1.08 bits per heavy atom. The zero-order valence-corrected chi connectivity index (χ0v) is 28.1. The van der Waals surface area contributed by atoms with E-state index in [1.165, 1.54) is 25.7 Å². The highest BCUT2D eigenvalue weighted by molar-refractivity contribution is 6.07. The summed E-state index contributed by atoms with van der Waals surface area (Å²) in [5.41, 5.74) is 3.16. The van der Waals surface area contributed by atoms with Gasteiger partial charge < -0.3 is 18.9 Å². The maximum absolute atomic E-state index is 12.4. The average molecular weight is 647 g/mol. The number of hydrogen-bond acceptors (Lipinski definition) is 6. The fraction of sp³-hybridized carbons (Fsp3) is 0.286. The van der Waals surface area contributed by atoms with E-state index in [4.69, 9.17) is 18.9 Å². The smallest absolute Gasteiger partial charge is 0.185 e. The molecule has 0 aliphatic rings. The number of benzene rings is 4. The topological polar surface area (TPSA) is 71.1 Å². The molecule has 6 nitrogen and oxygen atoms in total. The van der Waals surface area contributed by atoms with Gasteiger partial charge in [0.15, 0.2) is 11.6 Å². The van der Waals surface area contributed by atoms with Crippen LogP contribution in [0.1, 0.15) is 83.2 Å². The van der Waals surface area contributed by atoms with Gasteiger partial charge in [0.25, 0.3) is 0 Å². The van der Waals surface area contributed by atoms with Crippen LogP contribution in [0, 0.1) is 0 Å². The minimum Gasteiger partial charge on any atom is -0.497 e. The van der Waals surface area contributed by atoms with Crippen molar-refractivity contribution in [2.75, 3.05) is 27.4 Å². The molecule has 6 heteroatoms. The maximum Gasteiger partial charge on any atom is 0.185 e. The molecule has 0 saturated carbocycles.